The number of H-pyrrole nitrogens is 1. The van der Waals surface area contributed by atoms with Gasteiger partial charge in [0.15, 0.2) is 0 Å². The van der Waals surface area contributed by atoms with Gasteiger partial charge in [-0.2, -0.15) is 0 Å². The number of rotatable bonds is 5. The maximum Gasteiger partial charge on any atom is 0.256 e. The lowest BCUT2D eigenvalue weighted by Crippen LogP contribution is -2.31. The predicted octanol–water partition coefficient (Wildman–Crippen LogP) is 1.47. The maximum atomic E-state index is 12.4. The number of aryl methyl sites for hydroxylation is 1. The molecule has 0 aliphatic heterocycles. The Kier molecular flexibility index (Phi) is 4.53. The lowest BCUT2D eigenvalue weighted by Gasteiger charge is -2.06. The van der Waals surface area contributed by atoms with Crippen LogP contribution in [0, 0.1) is 0 Å². The van der Waals surface area contributed by atoms with Gasteiger partial charge in [-0.15, -0.1) is 0 Å². The van der Waals surface area contributed by atoms with Crippen molar-refractivity contribution in [1.29, 1.82) is 0 Å². The first-order valence-corrected chi connectivity index (χ1v) is 6.58. The van der Waals surface area contributed by atoms with Gasteiger partial charge in [0.2, 0.25) is 5.43 Å². The highest BCUT2D eigenvalue weighted by atomic mass is 16.5. The number of aromatic nitrogens is 1. The van der Waals surface area contributed by atoms with Crippen LogP contribution in [0.4, 0.5) is 0 Å². The molecular formula is C15H18N2O3. The standard InChI is InChI=1S/C15H18N2O3/c1-3-10-4-5-13-11(8-10)14(18)12(9-17-13)15(19)16-6-7-20-2/h4-5,8-9H,3,6-7H2,1-2H3,(H,16,19)(H,17,18). The Morgan fingerprint density at radius 1 is 1.40 bits per heavy atom. The first kappa shape index (κ1) is 14.3. The molecule has 1 heterocycles. The molecule has 0 unspecified atom stereocenters. The zero-order valence-corrected chi connectivity index (χ0v) is 11.7. The number of ether oxygens (including phenoxy) is 1. The van der Waals surface area contributed by atoms with Gasteiger partial charge in [-0.25, -0.2) is 0 Å². The number of nitrogens with one attached hydrogen (secondary N) is 2. The number of carbonyl (C=O) groups excluding carboxylic acids is 1. The van der Waals surface area contributed by atoms with E-state index in [4.69, 9.17) is 4.74 Å². The normalized spacial score (nSPS) is 10.7. The Bertz CT molecular complexity index is 676. The summed E-state index contributed by atoms with van der Waals surface area (Å²) in [5.74, 6) is -0.382. The van der Waals surface area contributed by atoms with Gasteiger partial charge < -0.3 is 15.0 Å². The third kappa shape index (κ3) is 2.88. The molecule has 0 aliphatic rings. The Labute approximate surface area is 117 Å². The van der Waals surface area contributed by atoms with Gasteiger partial charge in [-0.1, -0.05) is 13.0 Å². The molecule has 0 aliphatic carbocycles. The molecule has 0 spiro atoms. The van der Waals surface area contributed by atoms with E-state index in [1.54, 1.807) is 7.11 Å². The lowest BCUT2D eigenvalue weighted by molar-refractivity contribution is 0.0936. The fourth-order valence-corrected chi connectivity index (χ4v) is 2.02. The molecular weight excluding hydrogens is 256 g/mol. The minimum Gasteiger partial charge on any atom is -0.383 e. The molecule has 0 radical (unpaired) electrons. The van der Waals surface area contributed by atoms with Gasteiger partial charge in [0.25, 0.3) is 5.91 Å². The number of hydrogen-bond donors (Lipinski definition) is 2. The number of methoxy groups -OCH3 is 1. The third-order valence-corrected chi connectivity index (χ3v) is 3.19. The van der Waals surface area contributed by atoms with Crippen LogP contribution in [0.2, 0.25) is 0 Å². The predicted molar refractivity (Wildman–Crippen MR) is 78.2 cm³/mol. The number of amides is 1. The van der Waals surface area contributed by atoms with Crippen molar-refractivity contribution in [2.24, 2.45) is 0 Å². The van der Waals surface area contributed by atoms with Crippen molar-refractivity contribution in [3.63, 3.8) is 0 Å². The van der Waals surface area contributed by atoms with E-state index in [9.17, 15) is 9.59 Å². The second-order valence-corrected chi connectivity index (χ2v) is 4.51. The summed E-state index contributed by atoms with van der Waals surface area (Å²) in [6, 6.07) is 5.67. The van der Waals surface area contributed by atoms with Crippen LogP contribution in [-0.2, 0) is 11.2 Å². The van der Waals surface area contributed by atoms with E-state index in [2.05, 4.69) is 10.3 Å². The molecule has 0 saturated heterocycles. The van der Waals surface area contributed by atoms with Gasteiger partial charge in [0.1, 0.15) is 5.56 Å². The molecule has 0 fully saturated rings. The van der Waals surface area contributed by atoms with E-state index in [0.29, 0.717) is 18.5 Å². The fourth-order valence-electron chi connectivity index (χ4n) is 2.02. The van der Waals surface area contributed by atoms with Crippen molar-refractivity contribution >= 4 is 16.8 Å². The highest BCUT2D eigenvalue weighted by Crippen LogP contribution is 2.11. The van der Waals surface area contributed by atoms with Crippen LogP contribution in [0.15, 0.2) is 29.2 Å². The van der Waals surface area contributed by atoms with Gasteiger partial charge in [-0.05, 0) is 24.1 Å². The number of aromatic amines is 1. The number of hydrogen-bond acceptors (Lipinski definition) is 3. The molecule has 0 bridgehead atoms. The van der Waals surface area contributed by atoms with E-state index in [1.165, 1.54) is 6.20 Å². The second kappa shape index (κ2) is 6.34. The molecule has 2 N–H and O–H groups in total. The summed E-state index contributed by atoms with van der Waals surface area (Å²) < 4.78 is 4.86. The monoisotopic (exact) mass is 274 g/mol. The Hall–Kier alpha value is -2.14. The zero-order chi connectivity index (χ0) is 14.5. The number of benzene rings is 1. The molecule has 20 heavy (non-hydrogen) atoms. The lowest BCUT2D eigenvalue weighted by atomic mass is 10.1. The molecule has 5 nitrogen and oxygen atoms in total. The van der Waals surface area contributed by atoms with Crippen LogP contribution in [0.25, 0.3) is 10.9 Å². The van der Waals surface area contributed by atoms with Crippen molar-refractivity contribution in [3.05, 3.63) is 45.7 Å². The van der Waals surface area contributed by atoms with E-state index in [1.807, 2.05) is 25.1 Å². The highest BCUT2D eigenvalue weighted by molar-refractivity contribution is 5.97. The van der Waals surface area contributed by atoms with Gasteiger partial charge >= 0.3 is 0 Å². The van der Waals surface area contributed by atoms with E-state index >= 15 is 0 Å². The first-order valence-electron chi connectivity index (χ1n) is 6.58. The van der Waals surface area contributed by atoms with Crippen LogP contribution in [0.3, 0.4) is 0 Å². The molecule has 2 aromatic rings. The second-order valence-electron chi connectivity index (χ2n) is 4.51. The van der Waals surface area contributed by atoms with Crippen molar-refractivity contribution in [1.82, 2.24) is 10.3 Å². The molecule has 2 rings (SSSR count). The van der Waals surface area contributed by atoms with Crippen LogP contribution < -0.4 is 10.7 Å². The van der Waals surface area contributed by atoms with Gasteiger partial charge in [-0.3, -0.25) is 9.59 Å². The van der Waals surface area contributed by atoms with E-state index in [0.717, 1.165) is 17.5 Å². The minimum absolute atomic E-state index is 0.127. The van der Waals surface area contributed by atoms with Gasteiger partial charge in [0, 0.05) is 30.8 Å². The number of fused-ring (bicyclic) bond motifs is 1. The van der Waals surface area contributed by atoms with Gasteiger partial charge in [0.05, 0.1) is 6.61 Å². The van der Waals surface area contributed by atoms with Crippen molar-refractivity contribution in [2.75, 3.05) is 20.3 Å². The maximum absolute atomic E-state index is 12.4. The van der Waals surface area contributed by atoms with Crippen LogP contribution >= 0.6 is 0 Å². The largest absolute Gasteiger partial charge is 0.383 e. The molecule has 1 aromatic heterocycles. The van der Waals surface area contributed by atoms with Crippen molar-refractivity contribution in [3.8, 4) is 0 Å². The molecule has 1 aromatic carbocycles. The minimum atomic E-state index is -0.382. The molecule has 1 amide bonds. The summed E-state index contributed by atoms with van der Waals surface area (Å²) in [4.78, 5) is 27.3. The van der Waals surface area contributed by atoms with Crippen molar-refractivity contribution in [2.45, 2.75) is 13.3 Å². The van der Waals surface area contributed by atoms with Crippen LogP contribution in [0.1, 0.15) is 22.8 Å². The molecule has 106 valence electrons. The number of pyridine rings is 1. The third-order valence-electron chi connectivity index (χ3n) is 3.19. The summed E-state index contributed by atoms with van der Waals surface area (Å²) in [5, 5.41) is 3.20. The smallest absolute Gasteiger partial charge is 0.256 e. The number of carbonyl (C=O) groups is 1. The van der Waals surface area contributed by atoms with Crippen LogP contribution in [0.5, 0.6) is 0 Å². The summed E-state index contributed by atoms with van der Waals surface area (Å²) in [6.45, 7) is 2.82. The highest BCUT2D eigenvalue weighted by Gasteiger charge is 2.12. The molecule has 0 saturated carbocycles. The zero-order valence-electron chi connectivity index (χ0n) is 11.7. The van der Waals surface area contributed by atoms with E-state index < -0.39 is 0 Å². The van der Waals surface area contributed by atoms with E-state index in [-0.39, 0.29) is 16.9 Å². The SMILES string of the molecule is CCc1ccc2[nH]cc(C(=O)NCCOC)c(=O)c2c1. The summed E-state index contributed by atoms with van der Waals surface area (Å²) in [6.07, 6.45) is 2.30. The Morgan fingerprint density at radius 3 is 2.90 bits per heavy atom. The fraction of sp³-hybridized carbons (Fsp3) is 0.333. The Morgan fingerprint density at radius 2 is 2.20 bits per heavy atom. The Balaban J connectivity index is 2.37. The summed E-state index contributed by atoms with van der Waals surface area (Å²) in [7, 11) is 1.56. The summed E-state index contributed by atoms with van der Waals surface area (Å²) in [5.41, 5.74) is 1.69. The molecule has 0 atom stereocenters. The van der Waals surface area contributed by atoms with Crippen LogP contribution in [-0.4, -0.2) is 31.2 Å². The molecule has 5 heteroatoms. The average Bonchev–Trinajstić information content (AvgIpc) is 2.47. The topological polar surface area (TPSA) is 71.2 Å². The quantitative estimate of drug-likeness (QED) is 0.811. The first-order chi connectivity index (χ1) is 9.67. The van der Waals surface area contributed by atoms with Crippen molar-refractivity contribution < 1.29 is 9.53 Å². The summed E-state index contributed by atoms with van der Waals surface area (Å²) >= 11 is 0. The average molecular weight is 274 g/mol.